The van der Waals surface area contributed by atoms with E-state index in [4.69, 9.17) is 9.15 Å². The standard InChI is InChI=1S/C19H24N2O4/c1-3-20-19(23)12(2)21-18(22)11-24-13-8-9-17-15(10-13)14-6-4-5-7-16(14)25-17/h8-10,12H,3-7,11H2,1-2H3,(H,20,23)(H,21,22)/t12-/m1/s1. The van der Waals surface area contributed by atoms with E-state index < -0.39 is 6.04 Å². The van der Waals surface area contributed by atoms with E-state index in [1.165, 1.54) is 18.4 Å². The van der Waals surface area contributed by atoms with Crippen LogP contribution in [0.5, 0.6) is 5.75 Å². The van der Waals surface area contributed by atoms with E-state index in [-0.39, 0.29) is 18.4 Å². The first-order valence-corrected chi connectivity index (χ1v) is 8.82. The van der Waals surface area contributed by atoms with Crippen LogP contribution in [0.4, 0.5) is 0 Å². The van der Waals surface area contributed by atoms with E-state index in [1.807, 2.05) is 19.1 Å². The second-order valence-corrected chi connectivity index (χ2v) is 6.34. The van der Waals surface area contributed by atoms with Gasteiger partial charge in [0.05, 0.1) is 0 Å². The average molecular weight is 344 g/mol. The van der Waals surface area contributed by atoms with Crippen molar-refractivity contribution in [2.24, 2.45) is 0 Å². The Balaban J connectivity index is 1.61. The van der Waals surface area contributed by atoms with Crippen LogP contribution in [0.3, 0.4) is 0 Å². The molecule has 0 aliphatic heterocycles. The van der Waals surface area contributed by atoms with Crippen molar-refractivity contribution in [3.63, 3.8) is 0 Å². The van der Waals surface area contributed by atoms with Gasteiger partial charge in [0.2, 0.25) is 5.91 Å². The molecule has 25 heavy (non-hydrogen) atoms. The van der Waals surface area contributed by atoms with E-state index in [2.05, 4.69) is 10.6 Å². The molecular formula is C19H24N2O4. The SMILES string of the molecule is CCNC(=O)[C@@H](C)NC(=O)COc1ccc2oc3c(c2c1)CCCC3. The third-order valence-corrected chi connectivity index (χ3v) is 4.42. The van der Waals surface area contributed by atoms with Crippen molar-refractivity contribution in [2.75, 3.05) is 13.2 Å². The number of carbonyl (C=O) groups excluding carboxylic acids is 2. The molecule has 1 heterocycles. The van der Waals surface area contributed by atoms with Gasteiger partial charge >= 0.3 is 0 Å². The van der Waals surface area contributed by atoms with E-state index >= 15 is 0 Å². The monoisotopic (exact) mass is 344 g/mol. The number of carbonyl (C=O) groups is 2. The second-order valence-electron chi connectivity index (χ2n) is 6.34. The van der Waals surface area contributed by atoms with E-state index in [0.29, 0.717) is 12.3 Å². The summed E-state index contributed by atoms with van der Waals surface area (Å²) >= 11 is 0. The molecule has 3 rings (SSSR count). The molecule has 0 saturated carbocycles. The van der Waals surface area contributed by atoms with E-state index in [0.717, 1.165) is 29.6 Å². The first-order valence-electron chi connectivity index (χ1n) is 8.82. The Kier molecular flexibility index (Phi) is 5.26. The summed E-state index contributed by atoms with van der Waals surface area (Å²) in [7, 11) is 0. The summed E-state index contributed by atoms with van der Waals surface area (Å²) in [4.78, 5) is 23.6. The Morgan fingerprint density at radius 3 is 2.88 bits per heavy atom. The predicted octanol–water partition coefficient (Wildman–Crippen LogP) is 2.33. The molecule has 0 spiro atoms. The zero-order chi connectivity index (χ0) is 17.8. The van der Waals surface area contributed by atoms with Crippen LogP contribution in [0, 0.1) is 0 Å². The summed E-state index contributed by atoms with van der Waals surface area (Å²) in [5.74, 6) is 1.17. The Morgan fingerprint density at radius 1 is 1.28 bits per heavy atom. The van der Waals surface area contributed by atoms with Gasteiger partial charge in [-0.2, -0.15) is 0 Å². The van der Waals surface area contributed by atoms with Crippen molar-refractivity contribution in [1.82, 2.24) is 10.6 Å². The summed E-state index contributed by atoms with van der Waals surface area (Å²) in [6, 6.07) is 5.04. The first-order chi connectivity index (χ1) is 12.1. The quantitative estimate of drug-likeness (QED) is 0.843. The van der Waals surface area contributed by atoms with Gasteiger partial charge in [0.1, 0.15) is 23.1 Å². The summed E-state index contributed by atoms with van der Waals surface area (Å²) in [6.45, 7) is 3.88. The lowest BCUT2D eigenvalue weighted by atomic mass is 9.96. The maximum absolute atomic E-state index is 11.9. The van der Waals surface area contributed by atoms with Gasteiger partial charge in [-0.1, -0.05) is 0 Å². The van der Waals surface area contributed by atoms with Crippen molar-refractivity contribution in [3.05, 3.63) is 29.5 Å². The Morgan fingerprint density at radius 2 is 2.08 bits per heavy atom. The number of furan rings is 1. The Hall–Kier alpha value is -2.50. The molecule has 2 aromatic rings. The molecule has 2 amide bonds. The molecule has 1 aliphatic rings. The fraction of sp³-hybridized carbons (Fsp3) is 0.474. The molecule has 0 saturated heterocycles. The van der Waals surface area contributed by atoms with Crippen LogP contribution in [-0.2, 0) is 22.4 Å². The smallest absolute Gasteiger partial charge is 0.258 e. The number of hydrogen-bond acceptors (Lipinski definition) is 4. The van der Waals surface area contributed by atoms with Crippen LogP contribution in [0.1, 0.15) is 38.0 Å². The van der Waals surface area contributed by atoms with Gasteiger partial charge in [-0.15, -0.1) is 0 Å². The molecular weight excluding hydrogens is 320 g/mol. The van der Waals surface area contributed by atoms with Crippen LogP contribution in [-0.4, -0.2) is 31.0 Å². The van der Waals surface area contributed by atoms with Gasteiger partial charge in [0, 0.05) is 23.9 Å². The lowest BCUT2D eigenvalue weighted by Crippen LogP contribution is -2.46. The number of rotatable bonds is 6. The van der Waals surface area contributed by atoms with Crippen molar-refractivity contribution in [3.8, 4) is 5.75 Å². The number of aryl methyl sites for hydroxylation is 2. The third-order valence-electron chi connectivity index (χ3n) is 4.42. The van der Waals surface area contributed by atoms with Crippen LogP contribution in [0.15, 0.2) is 22.6 Å². The van der Waals surface area contributed by atoms with Crippen LogP contribution < -0.4 is 15.4 Å². The number of hydrogen-bond donors (Lipinski definition) is 2. The number of benzene rings is 1. The maximum Gasteiger partial charge on any atom is 0.258 e. The number of ether oxygens (including phenoxy) is 1. The molecule has 0 bridgehead atoms. The van der Waals surface area contributed by atoms with Gasteiger partial charge in [-0.05, 0) is 51.3 Å². The van der Waals surface area contributed by atoms with Crippen LogP contribution in [0.2, 0.25) is 0 Å². The molecule has 2 N–H and O–H groups in total. The van der Waals surface area contributed by atoms with E-state index in [1.54, 1.807) is 13.0 Å². The molecule has 1 aromatic carbocycles. The van der Waals surface area contributed by atoms with Crippen LogP contribution in [0.25, 0.3) is 11.0 Å². The summed E-state index contributed by atoms with van der Waals surface area (Å²) in [6.07, 6.45) is 4.35. The predicted molar refractivity (Wildman–Crippen MR) is 94.6 cm³/mol. The van der Waals surface area contributed by atoms with Gasteiger partial charge in [0.15, 0.2) is 6.61 Å². The molecule has 0 unspecified atom stereocenters. The van der Waals surface area contributed by atoms with Crippen molar-refractivity contribution in [1.29, 1.82) is 0 Å². The number of nitrogens with one attached hydrogen (secondary N) is 2. The number of fused-ring (bicyclic) bond motifs is 3. The summed E-state index contributed by atoms with van der Waals surface area (Å²) < 4.78 is 11.5. The molecule has 134 valence electrons. The van der Waals surface area contributed by atoms with Crippen molar-refractivity contribution >= 4 is 22.8 Å². The lowest BCUT2D eigenvalue weighted by Gasteiger charge is -2.13. The summed E-state index contributed by atoms with van der Waals surface area (Å²) in [5.41, 5.74) is 2.13. The van der Waals surface area contributed by atoms with Gasteiger partial charge < -0.3 is 19.8 Å². The normalized spacial score (nSPS) is 14.6. The fourth-order valence-corrected chi connectivity index (χ4v) is 3.16. The lowest BCUT2D eigenvalue weighted by molar-refractivity contribution is -0.129. The molecule has 1 atom stereocenters. The molecule has 6 nitrogen and oxygen atoms in total. The maximum atomic E-state index is 11.9. The molecule has 1 aliphatic carbocycles. The van der Waals surface area contributed by atoms with Gasteiger partial charge in [-0.3, -0.25) is 9.59 Å². The molecule has 6 heteroatoms. The van der Waals surface area contributed by atoms with Crippen molar-refractivity contribution < 1.29 is 18.7 Å². The zero-order valence-corrected chi connectivity index (χ0v) is 14.7. The highest BCUT2D eigenvalue weighted by Gasteiger charge is 2.18. The third kappa shape index (κ3) is 3.95. The van der Waals surface area contributed by atoms with Gasteiger partial charge in [0.25, 0.3) is 5.91 Å². The average Bonchev–Trinajstić information content (AvgIpc) is 2.98. The minimum absolute atomic E-state index is 0.130. The second kappa shape index (κ2) is 7.59. The number of likely N-dealkylation sites (N-methyl/N-ethyl adjacent to an activating group) is 1. The number of amides is 2. The highest BCUT2D eigenvalue weighted by Crippen LogP contribution is 2.33. The van der Waals surface area contributed by atoms with Crippen molar-refractivity contribution in [2.45, 2.75) is 45.6 Å². The highest BCUT2D eigenvalue weighted by molar-refractivity contribution is 5.88. The Bertz CT molecular complexity index is 781. The fourth-order valence-electron chi connectivity index (χ4n) is 3.16. The largest absolute Gasteiger partial charge is 0.484 e. The van der Waals surface area contributed by atoms with Crippen LogP contribution >= 0.6 is 0 Å². The summed E-state index contributed by atoms with van der Waals surface area (Å²) in [5, 5.41) is 6.36. The minimum Gasteiger partial charge on any atom is -0.484 e. The molecule has 0 radical (unpaired) electrons. The molecule has 1 aromatic heterocycles. The minimum atomic E-state index is -0.584. The first kappa shape index (κ1) is 17.3. The molecule has 0 fully saturated rings. The zero-order valence-electron chi connectivity index (χ0n) is 14.7. The highest BCUT2D eigenvalue weighted by atomic mass is 16.5. The van der Waals surface area contributed by atoms with E-state index in [9.17, 15) is 9.59 Å². The topological polar surface area (TPSA) is 80.6 Å². The van der Waals surface area contributed by atoms with Gasteiger partial charge in [-0.25, -0.2) is 0 Å². The Labute approximate surface area is 146 Å².